The van der Waals surface area contributed by atoms with Crippen molar-refractivity contribution in [2.45, 2.75) is 6.54 Å². The Morgan fingerprint density at radius 1 is 1.17 bits per heavy atom. The van der Waals surface area contributed by atoms with Gasteiger partial charge in [0.05, 0.1) is 28.0 Å². The largest absolute Gasteiger partial charge is 0.454 e. The first-order valence-electron chi connectivity index (χ1n) is 8.11. The Morgan fingerprint density at radius 2 is 1.83 bits per heavy atom. The van der Waals surface area contributed by atoms with Crippen molar-refractivity contribution in [3.8, 4) is 11.5 Å². The third-order valence-electron chi connectivity index (χ3n) is 4.26. The number of imide groups is 1. The van der Waals surface area contributed by atoms with Crippen molar-refractivity contribution in [2.24, 2.45) is 0 Å². The molecule has 2 aliphatic rings. The van der Waals surface area contributed by atoms with Crippen molar-refractivity contribution in [3.63, 3.8) is 0 Å². The van der Waals surface area contributed by atoms with Gasteiger partial charge in [0.2, 0.25) is 6.79 Å². The van der Waals surface area contributed by atoms with Gasteiger partial charge in [-0.25, -0.2) is 0 Å². The van der Waals surface area contributed by atoms with Crippen LogP contribution in [0.4, 0.5) is 10.5 Å². The van der Waals surface area contributed by atoms with E-state index >= 15 is 0 Å². The van der Waals surface area contributed by atoms with E-state index in [1.807, 2.05) is 0 Å². The number of nitrogens with zero attached hydrogens (tertiary/aromatic N) is 2. The molecule has 0 N–H and O–H groups in total. The number of hydrogen-bond acceptors (Lipinski definition) is 7. The fourth-order valence-corrected chi connectivity index (χ4v) is 4.19. The number of benzene rings is 2. The maximum absolute atomic E-state index is 12.8. The molecule has 148 valence electrons. The Bertz CT molecular complexity index is 1080. The van der Waals surface area contributed by atoms with E-state index in [0.717, 1.165) is 4.90 Å². The van der Waals surface area contributed by atoms with Crippen LogP contribution in [-0.4, -0.2) is 27.8 Å². The van der Waals surface area contributed by atoms with Crippen LogP contribution in [0.25, 0.3) is 6.08 Å². The van der Waals surface area contributed by atoms with Crippen molar-refractivity contribution < 1.29 is 24.0 Å². The van der Waals surface area contributed by atoms with Crippen LogP contribution < -0.4 is 9.47 Å². The standard InChI is InChI=1S/C18H10Cl2N2O6S/c19-11-2-1-3-12(20)10(11)7-21-17(23)16(29-18(21)24)5-9-4-14-15(28-8-27-14)6-13(9)22(25)26/h1-6H,7-8H2/b16-5-. The minimum absolute atomic E-state index is 0.0418. The molecular formula is C18H10Cl2N2O6S. The van der Waals surface area contributed by atoms with Crippen molar-refractivity contribution in [1.29, 1.82) is 0 Å². The Kier molecular flexibility index (Phi) is 5.12. The van der Waals surface area contributed by atoms with Gasteiger partial charge in [-0.05, 0) is 36.0 Å². The zero-order valence-corrected chi connectivity index (χ0v) is 16.7. The molecule has 2 aromatic rings. The molecule has 0 unspecified atom stereocenters. The van der Waals surface area contributed by atoms with Crippen LogP contribution in [-0.2, 0) is 11.3 Å². The lowest BCUT2D eigenvalue weighted by atomic mass is 10.1. The number of carbonyl (C=O) groups is 2. The van der Waals surface area contributed by atoms with Gasteiger partial charge >= 0.3 is 0 Å². The molecule has 11 heteroatoms. The summed E-state index contributed by atoms with van der Waals surface area (Å²) in [6.45, 7) is -0.158. The molecule has 2 amide bonds. The third kappa shape index (κ3) is 3.64. The highest BCUT2D eigenvalue weighted by Gasteiger charge is 2.36. The monoisotopic (exact) mass is 452 g/mol. The molecule has 2 aliphatic heterocycles. The molecule has 2 aromatic carbocycles. The van der Waals surface area contributed by atoms with Crippen LogP contribution in [0.1, 0.15) is 11.1 Å². The third-order valence-corrected chi connectivity index (χ3v) is 5.87. The molecule has 2 heterocycles. The van der Waals surface area contributed by atoms with Gasteiger partial charge in [-0.15, -0.1) is 0 Å². The number of carbonyl (C=O) groups excluding carboxylic acids is 2. The fourth-order valence-electron chi connectivity index (χ4n) is 2.84. The Hall–Kier alpha value is -2.75. The molecule has 1 saturated heterocycles. The highest BCUT2D eigenvalue weighted by Crippen LogP contribution is 2.41. The minimum atomic E-state index is -0.596. The molecular weight excluding hydrogens is 443 g/mol. The molecule has 8 nitrogen and oxygen atoms in total. The van der Waals surface area contributed by atoms with Gasteiger partial charge in [0, 0.05) is 15.6 Å². The smallest absolute Gasteiger partial charge is 0.293 e. The predicted octanol–water partition coefficient (Wildman–Crippen LogP) is 4.87. The molecule has 0 aliphatic carbocycles. The number of ether oxygens (including phenoxy) is 2. The summed E-state index contributed by atoms with van der Waals surface area (Å²) in [6.07, 6.45) is 1.29. The molecule has 4 rings (SSSR count). The van der Waals surface area contributed by atoms with E-state index in [1.165, 1.54) is 18.2 Å². The van der Waals surface area contributed by atoms with E-state index in [4.69, 9.17) is 32.7 Å². The highest BCUT2D eigenvalue weighted by molar-refractivity contribution is 8.18. The summed E-state index contributed by atoms with van der Waals surface area (Å²) in [6, 6.07) is 7.49. The highest BCUT2D eigenvalue weighted by atomic mass is 35.5. The summed E-state index contributed by atoms with van der Waals surface area (Å²) < 4.78 is 10.4. The average Bonchev–Trinajstić information content (AvgIpc) is 3.22. The van der Waals surface area contributed by atoms with Crippen LogP contribution >= 0.6 is 35.0 Å². The molecule has 0 atom stereocenters. The van der Waals surface area contributed by atoms with Gasteiger partial charge in [-0.2, -0.15) is 0 Å². The first-order chi connectivity index (χ1) is 13.8. The van der Waals surface area contributed by atoms with Gasteiger partial charge < -0.3 is 9.47 Å². The normalized spacial score (nSPS) is 16.8. The van der Waals surface area contributed by atoms with Crippen LogP contribution in [0.5, 0.6) is 11.5 Å². The van der Waals surface area contributed by atoms with E-state index in [2.05, 4.69) is 0 Å². The lowest BCUT2D eigenvalue weighted by Crippen LogP contribution is -2.27. The number of rotatable bonds is 4. The summed E-state index contributed by atoms with van der Waals surface area (Å²) in [5, 5.41) is 11.5. The van der Waals surface area contributed by atoms with Gasteiger partial charge in [-0.1, -0.05) is 29.3 Å². The van der Waals surface area contributed by atoms with Gasteiger partial charge in [0.15, 0.2) is 11.5 Å². The minimum Gasteiger partial charge on any atom is -0.454 e. The Labute approximate surface area is 178 Å². The SMILES string of the molecule is O=C1S/C(=C\c2cc3c(cc2[N+](=O)[O-])OCO3)C(=O)N1Cc1c(Cl)cccc1Cl. The quantitative estimate of drug-likeness (QED) is 0.370. The summed E-state index contributed by atoms with van der Waals surface area (Å²) in [4.78, 5) is 37.0. The average molecular weight is 453 g/mol. The van der Waals surface area contributed by atoms with Crippen LogP contribution in [0, 0.1) is 10.1 Å². The van der Waals surface area contributed by atoms with Crippen molar-refractivity contribution in [2.75, 3.05) is 6.79 Å². The number of amides is 2. The fraction of sp³-hybridized carbons (Fsp3) is 0.111. The summed E-state index contributed by atoms with van der Waals surface area (Å²) in [5.41, 5.74) is 0.296. The van der Waals surface area contributed by atoms with Gasteiger partial charge in [0.1, 0.15) is 0 Å². The number of halogens is 2. The summed E-state index contributed by atoms with van der Waals surface area (Å²) >= 11 is 12.9. The number of fused-ring (bicyclic) bond motifs is 1. The molecule has 1 fully saturated rings. The van der Waals surface area contributed by atoms with Crippen molar-refractivity contribution in [1.82, 2.24) is 4.90 Å². The van der Waals surface area contributed by atoms with Gasteiger partial charge in [-0.3, -0.25) is 24.6 Å². The molecule has 0 saturated carbocycles. The van der Waals surface area contributed by atoms with E-state index in [9.17, 15) is 19.7 Å². The molecule has 0 radical (unpaired) electrons. The second kappa shape index (κ2) is 7.58. The number of nitro benzene ring substituents is 1. The van der Waals surface area contributed by atoms with E-state index in [1.54, 1.807) is 18.2 Å². The number of nitro groups is 1. The maximum Gasteiger partial charge on any atom is 0.293 e. The first-order valence-corrected chi connectivity index (χ1v) is 9.68. The number of thioether (sulfide) groups is 1. The second-order valence-corrected chi connectivity index (χ2v) is 7.80. The van der Waals surface area contributed by atoms with E-state index < -0.39 is 16.1 Å². The zero-order valence-electron chi connectivity index (χ0n) is 14.4. The lowest BCUT2D eigenvalue weighted by molar-refractivity contribution is -0.385. The zero-order chi connectivity index (χ0) is 20.7. The van der Waals surface area contributed by atoms with Crippen LogP contribution in [0.3, 0.4) is 0 Å². The van der Waals surface area contributed by atoms with Crippen molar-refractivity contribution in [3.05, 3.63) is 66.5 Å². The number of hydrogen-bond donors (Lipinski definition) is 0. The van der Waals surface area contributed by atoms with Gasteiger partial charge in [0.25, 0.3) is 16.8 Å². The Balaban J connectivity index is 1.67. The molecule has 0 bridgehead atoms. The van der Waals surface area contributed by atoms with Crippen molar-refractivity contribution >= 4 is 57.9 Å². The Morgan fingerprint density at radius 3 is 2.48 bits per heavy atom. The lowest BCUT2D eigenvalue weighted by Gasteiger charge is -2.14. The maximum atomic E-state index is 12.8. The molecule has 0 spiro atoms. The van der Waals surface area contributed by atoms with Crippen LogP contribution in [0.15, 0.2) is 35.2 Å². The summed E-state index contributed by atoms with van der Waals surface area (Å²) in [7, 11) is 0. The first kappa shape index (κ1) is 19.6. The topological polar surface area (TPSA) is 99.0 Å². The van der Waals surface area contributed by atoms with E-state index in [-0.39, 0.29) is 35.2 Å². The molecule has 29 heavy (non-hydrogen) atoms. The van der Waals surface area contributed by atoms with E-state index in [0.29, 0.717) is 33.1 Å². The van der Waals surface area contributed by atoms with Crippen LogP contribution in [0.2, 0.25) is 10.0 Å². The predicted molar refractivity (Wildman–Crippen MR) is 107 cm³/mol. The second-order valence-electron chi connectivity index (χ2n) is 5.99. The molecule has 0 aromatic heterocycles. The summed E-state index contributed by atoms with van der Waals surface area (Å²) in [5.74, 6) is -0.0257.